The normalized spacial score (nSPS) is 17.1. The van der Waals surface area contributed by atoms with Crippen molar-refractivity contribution in [1.29, 1.82) is 0 Å². The first-order valence-electron chi connectivity index (χ1n) is 8.75. The van der Waals surface area contributed by atoms with Crippen molar-refractivity contribution in [3.8, 4) is 0 Å². The minimum absolute atomic E-state index is 0.560. The maximum atomic E-state index is 13.0. The topological polar surface area (TPSA) is 52.6 Å². The molecule has 4 nitrogen and oxygen atoms in total. The molecule has 0 spiro atoms. The van der Waals surface area contributed by atoms with Gasteiger partial charge in [-0.2, -0.15) is 0 Å². The van der Waals surface area contributed by atoms with E-state index in [4.69, 9.17) is 9.47 Å². The largest absolute Gasteiger partial charge is 0.381 e. The molecule has 0 radical (unpaired) electrons. The van der Waals surface area contributed by atoms with E-state index < -0.39 is 14.3 Å². The van der Waals surface area contributed by atoms with Crippen molar-refractivity contribution in [3.05, 3.63) is 0 Å². The summed E-state index contributed by atoms with van der Waals surface area (Å²) >= 11 is 0. The molecule has 0 amide bonds. The average Bonchev–Trinajstić information content (AvgIpc) is 2.47. The lowest BCUT2D eigenvalue weighted by Crippen LogP contribution is -2.12. The zero-order valence-electron chi connectivity index (χ0n) is 15.0. The van der Waals surface area contributed by atoms with E-state index in [1.165, 1.54) is 0 Å². The van der Waals surface area contributed by atoms with Crippen molar-refractivity contribution < 1.29 is 18.6 Å². The molecule has 0 aromatic heterocycles. The van der Waals surface area contributed by atoms with Crippen LogP contribution < -0.4 is 0 Å². The molecule has 6 heteroatoms. The van der Waals surface area contributed by atoms with Crippen molar-refractivity contribution >= 4 is 14.3 Å². The molecule has 22 heavy (non-hydrogen) atoms. The van der Waals surface area contributed by atoms with Crippen LogP contribution in [-0.4, -0.2) is 63.4 Å². The van der Waals surface area contributed by atoms with Crippen LogP contribution in [0.4, 0.5) is 0 Å². The average molecular weight is 354 g/mol. The molecule has 0 bridgehead atoms. The maximum Gasteiger partial charge on any atom is 0.0904 e. The molecule has 0 N–H and O–H groups in total. The van der Waals surface area contributed by atoms with Crippen LogP contribution >= 0.6 is 14.3 Å². The summed E-state index contributed by atoms with van der Waals surface area (Å²) in [7, 11) is -4.49. The van der Waals surface area contributed by atoms with E-state index in [1.54, 1.807) is 0 Å². The maximum absolute atomic E-state index is 13.0. The van der Waals surface area contributed by atoms with Crippen molar-refractivity contribution in [2.24, 2.45) is 0 Å². The molecule has 0 aliphatic rings. The van der Waals surface area contributed by atoms with Crippen LogP contribution in [-0.2, 0) is 18.6 Å². The third-order valence-corrected chi connectivity index (χ3v) is 10.8. The first-order chi connectivity index (χ1) is 10.4. The third kappa shape index (κ3) is 10.2. The lowest BCUT2D eigenvalue weighted by atomic mass is 10.6. The molecular weight excluding hydrogens is 318 g/mol. The van der Waals surface area contributed by atoms with Crippen molar-refractivity contribution in [1.82, 2.24) is 0 Å². The van der Waals surface area contributed by atoms with Crippen LogP contribution in [0.3, 0.4) is 0 Å². The van der Waals surface area contributed by atoms with E-state index in [0.717, 1.165) is 25.2 Å². The van der Waals surface area contributed by atoms with Gasteiger partial charge in [-0.1, -0.05) is 13.8 Å². The highest BCUT2D eigenvalue weighted by atomic mass is 31.2. The first kappa shape index (κ1) is 22.4. The van der Waals surface area contributed by atoms with Crippen molar-refractivity contribution in [2.45, 2.75) is 40.5 Å². The quantitative estimate of drug-likeness (QED) is 0.318. The summed E-state index contributed by atoms with van der Waals surface area (Å²) < 4.78 is 36.8. The first-order valence-corrected chi connectivity index (χ1v) is 13.3. The summed E-state index contributed by atoms with van der Waals surface area (Å²) in [6, 6.07) is 0. The lowest BCUT2D eigenvalue weighted by Gasteiger charge is -2.22. The zero-order valence-corrected chi connectivity index (χ0v) is 16.8. The second-order valence-corrected chi connectivity index (χ2v) is 12.8. The molecule has 0 fully saturated rings. The van der Waals surface area contributed by atoms with E-state index in [1.807, 2.05) is 13.8 Å². The number of hydrogen-bond donors (Lipinski definition) is 0. The van der Waals surface area contributed by atoms with Crippen LogP contribution in [0.5, 0.6) is 0 Å². The Morgan fingerprint density at radius 1 is 0.591 bits per heavy atom. The number of ether oxygens (including phenoxy) is 2. The summed E-state index contributed by atoms with van der Waals surface area (Å²) in [6.07, 6.45) is 5.81. The fraction of sp³-hybridized carbons (Fsp3) is 1.00. The van der Waals surface area contributed by atoms with Gasteiger partial charge >= 0.3 is 0 Å². The minimum Gasteiger partial charge on any atom is -0.381 e. The Labute approximate surface area is 137 Å². The molecule has 134 valence electrons. The molecule has 2 unspecified atom stereocenters. The van der Waals surface area contributed by atoms with Gasteiger partial charge < -0.3 is 18.6 Å². The SMILES string of the molecule is CCCP(=O)(CCOCC)CCP(=O)(CCC)CCOCC. The van der Waals surface area contributed by atoms with Crippen LogP contribution in [0.1, 0.15) is 40.5 Å². The highest BCUT2D eigenvalue weighted by Gasteiger charge is 2.27. The Morgan fingerprint density at radius 3 is 1.23 bits per heavy atom. The Hall–Kier alpha value is 0.380. The number of rotatable bonds is 15. The summed E-state index contributed by atoms with van der Waals surface area (Å²) in [5.41, 5.74) is 0. The summed E-state index contributed by atoms with van der Waals surface area (Å²) in [4.78, 5) is 0. The van der Waals surface area contributed by atoms with E-state index >= 15 is 0 Å². The van der Waals surface area contributed by atoms with Gasteiger partial charge in [-0.15, -0.1) is 0 Å². The lowest BCUT2D eigenvalue weighted by molar-refractivity contribution is 0.163. The fourth-order valence-corrected chi connectivity index (χ4v) is 9.41. The molecule has 0 aliphatic heterocycles. The van der Waals surface area contributed by atoms with Gasteiger partial charge in [-0.3, -0.25) is 0 Å². The summed E-state index contributed by atoms with van der Waals surface area (Å²) in [5.74, 6) is 0. The van der Waals surface area contributed by atoms with Gasteiger partial charge in [0.2, 0.25) is 0 Å². The van der Waals surface area contributed by atoms with E-state index in [0.29, 0.717) is 51.1 Å². The molecule has 0 aromatic rings. The molecule has 0 saturated heterocycles. The molecular formula is C16H36O4P2. The molecule has 0 aromatic carbocycles. The second-order valence-electron chi connectivity index (χ2n) is 5.85. The summed E-state index contributed by atoms with van der Waals surface area (Å²) in [6.45, 7) is 10.5. The highest BCUT2D eigenvalue weighted by Crippen LogP contribution is 2.53. The van der Waals surface area contributed by atoms with Crippen LogP contribution in [0.2, 0.25) is 0 Å². The standard InChI is InChI=1S/C16H36O4P2/c1-5-11-21(17,13-9-19-7-3)15-16-22(18,12-6-2)14-10-20-8-4/h5-16H2,1-4H3. The predicted molar refractivity (Wildman–Crippen MR) is 98.0 cm³/mol. The minimum atomic E-state index is -2.25. The molecule has 0 rings (SSSR count). The van der Waals surface area contributed by atoms with Gasteiger partial charge in [0.1, 0.15) is 0 Å². The van der Waals surface area contributed by atoms with Gasteiger partial charge in [0.25, 0.3) is 0 Å². The molecule has 0 aliphatic carbocycles. The Balaban J connectivity index is 4.59. The second kappa shape index (κ2) is 12.8. The van der Waals surface area contributed by atoms with E-state index in [2.05, 4.69) is 13.8 Å². The Kier molecular flexibility index (Phi) is 13.0. The summed E-state index contributed by atoms with van der Waals surface area (Å²) in [5, 5.41) is 0. The monoisotopic (exact) mass is 354 g/mol. The fourth-order valence-electron chi connectivity index (χ4n) is 2.60. The molecule has 0 saturated carbocycles. The van der Waals surface area contributed by atoms with Crippen LogP contribution in [0, 0.1) is 0 Å². The molecule has 2 atom stereocenters. The Bertz CT molecular complexity index is 324. The van der Waals surface area contributed by atoms with Crippen LogP contribution in [0.25, 0.3) is 0 Å². The predicted octanol–water partition coefficient (Wildman–Crippen LogP) is 4.61. The van der Waals surface area contributed by atoms with Gasteiger partial charge in [-0.05, 0) is 26.7 Å². The van der Waals surface area contributed by atoms with E-state index in [-0.39, 0.29) is 0 Å². The van der Waals surface area contributed by atoms with Crippen molar-refractivity contribution in [2.75, 3.05) is 63.4 Å². The van der Waals surface area contributed by atoms with Crippen molar-refractivity contribution in [3.63, 3.8) is 0 Å². The van der Waals surface area contributed by atoms with Crippen LogP contribution in [0.15, 0.2) is 0 Å². The van der Waals surface area contributed by atoms with E-state index in [9.17, 15) is 9.13 Å². The van der Waals surface area contributed by atoms with Gasteiger partial charge in [0, 0.05) is 50.2 Å². The highest BCUT2D eigenvalue weighted by molar-refractivity contribution is 7.67. The van der Waals surface area contributed by atoms with Gasteiger partial charge in [-0.25, -0.2) is 0 Å². The molecule has 0 heterocycles. The zero-order chi connectivity index (χ0) is 16.9. The Morgan fingerprint density at radius 2 is 0.955 bits per heavy atom. The number of hydrogen-bond acceptors (Lipinski definition) is 4. The third-order valence-electron chi connectivity index (χ3n) is 3.87. The van der Waals surface area contributed by atoms with Gasteiger partial charge in [0.05, 0.1) is 27.5 Å². The van der Waals surface area contributed by atoms with Gasteiger partial charge in [0.15, 0.2) is 0 Å². The smallest absolute Gasteiger partial charge is 0.0904 e.